The first-order chi connectivity index (χ1) is 8.00. The van der Waals surface area contributed by atoms with Gasteiger partial charge in [0.2, 0.25) is 5.91 Å². The van der Waals surface area contributed by atoms with Gasteiger partial charge in [-0.25, -0.2) is 4.31 Å². The zero-order chi connectivity index (χ0) is 12.2. The molecule has 0 bridgehead atoms. The van der Waals surface area contributed by atoms with Gasteiger partial charge in [-0.05, 0) is 6.07 Å². The number of carbonyl (C=O) groups excluding carboxylic acids is 1. The summed E-state index contributed by atoms with van der Waals surface area (Å²) < 4.78 is 28.8. The lowest BCUT2D eigenvalue weighted by molar-refractivity contribution is -0.150. The van der Waals surface area contributed by atoms with Gasteiger partial charge < -0.3 is 4.74 Å². The molecule has 0 spiro atoms. The van der Waals surface area contributed by atoms with E-state index in [-0.39, 0.29) is 6.61 Å². The van der Waals surface area contributed by atoms with E-state index in [0.717, 1.165) is 4.31 Å². The summed E-state index contributed by atoms with van der Waals surface area (Å²) in [7, 11) is 1.22. The maximum Gasteiger partial charge on any atom is 0.324 e. The van der Waals surface area contributed by atoms with Gasteiger partial charge in [-0.1, -0.05) is 18.2 Å². The average Bonchev–Trinajstić information content (AvgIpc) is 2.25. The van der Waals surface area contributed by atoms with Crippen LogP contribution in [0.3, 0.4) is 0 Å². The molecule has 2 aliphatic heterocycles. The Morgan fingerprint density at radius 2 is 2.06 bits per heavy atom. The number of β-lactam (4-membered cyclic amide) rings is 1. The maximum absolute atomic E-state index is 11.6. The normalized spacial score (nSPS) is 26.6. The van der Waals surface area contributed by atoms with E-state index in [2.05, 4.69) is 0 Å². The van der Waals surface area contributed by atoms with Crippen molar-refractivity contribution < 1.29 is 17.9 Å². The molecule has 0 aromatic heterocycles. The number of amides is 1. The Kier molecular flexibility index (Phi) is 2.15. The van der Waals surface area contributed by atoms with E-state index in [1.165, 1.54) is 0 Å². The Hall–Kier alpha value is -1.27. The number of ether oxygens (including phenoxy) is 1. The summed E-state index contributed by atoms with van der Waals surface area (Å²) in [5.74, 6) is -0.343. The van der Waals surface area contributed by atoms with Gasteiger partial charge in [-0.15, -0.1) is 0 Å². The quantitative estimate of drug-likeness (QED) is 0.567. The molecule has 5 nitrogen and oxygen atoms in total. The van der Waals surface area contributed by atoms with Crippen LogP contribution in [0.25, 0.3) is 0 Å². The Morgan fingerprint density at radius 1 is 1.35 bits per heavy atom. The van der Waals surface area contributed by atoms with E-state index in [4.69, 9.17) is 15.4 Å². The topological polar surface area (TPSA) is 63.7 Å². The summed E-state index contributed by atoms with van der Waals surface area (Å²) >= 11 is 0. The molecule has 1 amide bonds. The number of halogens is 1. The first-order valence-corrected chi connectivity index (χ1v) is 7.26. The number of hydrogen-bond acceptors (Lipinski definition) is 4. The van der Waals surface area contributed by atoms with Crippen molar-refractivity contribution in [3.05, 3.63) is 29.8 Å². The van der Waals surface area contributed by atoms with Crippen LogP contribution in [0.1, 0.15) is 11.6 Å². The van der Waals surface area contributed by atoms with Gasteiger partial charge >= 0.3 is 9.24 Å². The Morgan fingerprint density at radius 3 is 2.76 bits per heavy atom. The summed E-state index contributed by atoms with van der Waals surface area (Å²) in [6, 6.07) is 6.53. The number of fused-ring (bicyclic) bond motifs is 3. The van der Waals surface area contributed by atoms with Crippen LogP contribution in [0.2, 0.25) is 0 Å². The van der Waals surface area contributed by atoms with Crippen molar-refractivity contribution in [1.82, 2.24) is 4.31 Å². The molecule has 0 radical (unpaired) electrons. The number of carbonyl (C=O) groups is 1. The van der Waals surface area contributed by atoms with E-state index in [1.807, 2.05) is 0 Å². The monoisotopic (exact) mass is 273 g/mol. The highest BCUT2D eigenvalue weighted by Crippen LogP contribution is 2.48. The molecule has 0 aliphatic carbocycles. The molecule has 2 atom stereocenters. The van der Waals surface area contributed by atoms with Gasteiger partial charge in [0.05, 0.1) is 12.0 Å². The lowest BCUT2D eigenvalue weighted by Gasteiger charge is -2.47. The Labute approximate surface area is 102 Å². The standard InChI is InChI=1S/C10H8ClNO4S/c11-17(14,15)12-9-6-3-1-2-4-8(6)16-5-7(9)10(12)13/h1-4,7,9H,5H2/t7-,9+/m0/s1. The van der Waals surface area contributed by atoms with Crippen LogP contribution >= 0.6 is 10.7 Å². The largest absolute Gasteiger partial charge is 0.492 e. The van der Waals surface area contributed by atoms with E-state index in [1.54, 1.807) is 24.3 Å². The molecule has 1 fully saturated rings. The van der Waals surface area contributed by atoms with Crippen LogP contribution in [-0.2, 0) is 14.0 Å². The van der Waals surface area contributed by atoms with E-state index < -0.39 is 27.1 Å². The van der Waals surface area contributed by atoms with Crippen molar-refractivity contribution in [2.45, 2.75) is 6.04 Å². The fraction of sp³-hybridized carbons (Fsp3) is 0.300. The van der Waals surface area contributed by atoms with Gasteiger partial charge in [0.15, 0.2) is 0 Å². The van der Waals surface area contributed by atoms with Crippen LogP contribution in [0.4, 0.5) is 0 Å². The Balaban J connectivity index is 2.09. The molecule has 90 valence electrons. The van der Waals surface area contributed by atoms with Crippen LogP contribution in [0.5, 0.6) is 5.75 Å². The van der Waals surface area contributed by atoms with Crippen molar-refractivity contribution in [2.75, 3.05) is 6.61 Å². The first kappa shape index (κ1) is 10.9. The fourth-order valence-corrected chi connectivity index (χ4v) is 3.65. The van der Waals surface area contributed by atoms with E-state index in [9.17, 15) is 13.2 Å². The number of para-hydroxylation sites is 1. The second-order valence-corrected chi connectivity index (χ2v) is 6.36. The second kappa shape index (κ2) is 3.36. The van der Waals surface area contributed by atoms with Crippen molar-refractivity contribution in [2.24, 2.45) is 5.92 Å². The highest BCUT2D eigenvalue weighted by molar-refractivity contribution is 8.12. The third kappa shape index (κ3) is 1.44. The van der Waals surface area contributed by atoms with Gasteiger partial charge in [-0.2, -0.15) is 8.42 Å². The van der Waals surface area contributed by atoms with Crippen LogP contribution < -0.4 is 4.74 Å². The minimum absolute atomic E-state index is 0.198. The van der Waals surface area contributed by atoms with Gasteiger partial charge in [0.1, 0.15) is 12.4 Å². The van der Waals surface area contributed by atoms with Crippen molar-refractivity contribution in [1.29, 1.82) is 0 Å². The predicted octanol–water partition coefficient (Wildman–Crippen LogP) is 1.06. The van der Waals surface area contributed by atoms with Crippen molar-refractivity contribution in [3.8, 4) is 5.75 Å². The highest BCUT2D eigenvalue weighted by Gasteiger charge is 2.56. The first-order valence-electron chi connectivity index (χ1n) is 5.00. The van der Waals surface area contributed by atoms with Gasteiger partial charge in [-0.3, -0.25) is 4.79 Å². The molecular formula is C10H8ClNO4S. The lowest BCUT2D eigenvalue weighted by atomic mass is 9.83. The van der Waals surface area contributed by atoms with Crippen LogP contribution in [-0.4, -0.2) is 25.2 Å². The molecule has 0 unspecified atom stereocenters. The number of hydrogen-bond donors (Lipinski definition) is 0. The molecule has 7 heteroatoms. The molecule has 1 aromatic rings. The Bertz CT molecular complexity index is 600. The molecule has 0 saturated carbocycles. The smallest absolute Gasteiger partial charge is 0.324 e. The number of rotatable bonds is 1. The second-order valence-electron chi connectivity index (χ2n) is 3.98. The third-order valence-electron chi connectivity index (χ3n) is 3.06. The maximum atomic E-state index is 11.6. The van der Waals surface area contributed by atoms with Gasteiger partial charge in [0.25, 0.3) is 0 Å². The molecular weight excluding hydrogens is 266 g/mol. The summed E-state index contributed by atoms with van der Waals surface area (Å²) in [4.78, 5) is 11.6. The minimum Gasteiger partial charge on any atom is -0.492 e. The van der Waals surface area contributed by atoms with E-state index >= 15 is 0 Å². The molecule has 2 aliphatic rings. The predicted molar refractivity (Wildman–Crippen MR) is 59.8 cm³/mol. The summed E-state index contributed by atoms with van der Waals surface area (Å²) in [5, 5.41) is 0. The minimum atomic E-state index is -4.03. The van der Waals surface area contributed by atoms with Crippen molar-refractivity contribution in [3.63, 3.8) is 0 Å². The SMILES string of the molecule is O=C1[C@H]2COc3ccccc3[C@H]2N1S(=O)(=O)Cl. The molecule has 1 aromatic carbocycles. The average molecular weight is 274 g/mol. The van der Waals surface area contributed by atoms with Crippen LogP contribution in [0, 0.1) is 5.92 Å². The van der Waals surface area contributed by atoms with Gasteiger partial charge in [0, 0.05) is 16.2 Å². The summed E-state index contributed by atoms with van der Waals surface area (Å²) in [5.41, 5.74) is 0.688. The summed E-state index contributed by atoms with van der Waals surface area (Å²) in [6.45, 7) is 0.198. The molecule has 0 N–H and O–H groups in total. The number of nitrogens with zero attached hydrogens (tertiary/aromatic N) is 1. The zero-order valence-electron chi connectivity index (χ0n) is 8.54. The highest BCUT2D eigenvalue weighted by atomic mass is 35.7. The molecule has 3 rings (SSSR count). The number of benzene rings is 1. The van der Waals surface area contributed by atoms with Crippen LogP contribution in [0.15, 0.2) is 24.3 Å². The summed E-state index contributed by atoms with van der Waals surface area (Å²) in [6.07, 6.45) is 0. The zero-order valence-corrected chi connectivity index (χ0v) is 10.1. The lowest BCUT2D eigenvalue weighted by Crippen LogP contribution is -2.59. The molecule has 17 heavy (non-hydrogen) atoms. The van der Waals surface area contributed by atoms with Crippen molar-refractivity contribution >= 4 is 25.8 Å². The fourth-order valence-electron chi connectivity index (χ4n) is 2.30. The third-order valence-corrected chi connectivity index (χ3v) is 4.38. The molecule has 2 heterocycles. The van der Waals surface area contributed by atoms with E-state index in [0.29, 0.717) is 11.3 Å². The molecule has 1 saturated heterocycles.